The predicted octanol–water partition coefficient (Wildman–Crippen LogP) is 4.89. The van der Waals surface area contributed by atoms with E-state index in [1.165, 1.54) is 0 Å². The Morgan fingerprint density at radius 3 is 2.69 bits per heavy atom. The number of anilines is 1. The number of nitrogens with zero attached hydrogens (tertiary/aromatic N) is 5. The van der Waals surface area contributed by atoms with Crippen molar-refractivity contribution in [2.45, 2.75) is 52.4 Å². The highest BCUT2D eigenvalue weighted by molar-refractivity contribution is 6.14. The van der Waals surface area contributed by atoms with E-state index in [2.05, 4.69) is 20.6 Å². The maximum atomic E-state index is 13.6. The largest absolute Gasteiger partial charge is 0.334 e. The van der Waals surface area contributed by atoms with Crippen molar-refractivity contribution >= 4 is 22.6 Å². The minimum atomic E-state index is -0.199. The molecule has 1 saturated carbocycles. The Balaban J connectivity index is 1.58. The van der Waals surface area contributed by atoms with Crippen molar-refractivity contribution in [1.29, 1.82) is 0 Å². The molecule has 0 saturated heterocycles. The summed E-state index contributed by atoms with van der Waals surface area (Å²) in [6, 6.07) is 7.67. The van der Waals surface area contributed by atoms with Crippen LogP contribution in [0.25, 0.3) is 22.5 Å². The first-order valence-electron chi connectivity index (χ1n) is 10.9. The van der Waals surface area contributed by atoms with E-state index in [1.807, 2.05) is 59.0 Å². The van der Waals surface area contributed by atoms with Gasteiger partial charge in [0.15, 0.2) is 11.5 Å². The monoisotopic (exact) mass is 430 g/mol. The standard InChI is InChI=1S/C24H26N6O2/c1-12(2)21-27-24(32-29-21)16-8-6-7-13(3)20(16)26-23(31)17-11-18(15-9-10-15)25-22-19(17)14(4)28-30(22)5/h6-8,11-12,15H,9-10H2,1-5H3,(H,26,31). The first-order valence-corrected chi connectivity index (χ1v) is 10.9. The molecule has 1 aliphatic carbocycles. The topological polar surface area (TPSA) is 98.7 Å². The SMILES string of the molecule is Cc1cccc(-c2nc(C(C)C)no2)c1NC(=O)c1cc(C2CC2)nc2c1c(C)nn2C. The zero-order valence-corrected chi connectivity index (χ0v) is 18.9. The second-order valence-corrected chi connectivity index (χ2v) is 8.84. The van der Waals surface area contributed by atoms with Gasteiger partial charge >= 0.3 is 0 Å². The number of carbonyl (C=O) groups excluding carboxylic acids is 1. The summed E-state index contributed by atoms with van der Waals surface area (Å²) < 4.78 is 7.26. The number of aryl methyl sites for hydroxylation is 3. The van der Waals surface area contributed by atoms with E-state index >= 15 is 0 Å². The van der Waals surface area contributed by atoms with Gasteiger partial charge in [0.05, 0.1) is 27.9 Å². The Kier molecular flexibility index (Phi) is 4.80. The van der Waals surface area contributed by atoms with Gasteiger partial charge < -0.3 is 9.84 Å². The lowest BCUT2D eigenvalue weighted by atomic mass is 10.0. The first-order chi connectivity index (χ1) is 15.3. The van der Waals surface area contributed by atoms with Crippen molar-refractivity contribution in [2.75, 3.05) is 5.32 Å². The molecule has 1 aromatic carbocycles. The van der Waals surface area contributed by atoms with Crippen molar-refractivity contribution in [3.05, 3.63) is 52.6 Å². The minimum Gasteiger partial charge on any atom is -0.334 e. The van der Waals surface area contributed by atoms with Crippen LogP contribution in [0.5, 0.6) is 0 Å². The number of para-hydroxylation sites is 1. The third-order valence-electron chi connectivity index (χ3n) is 5.93. The zero-order valence-electron chi connectivity index (χ0n) is 18.9. The average Bonchev–Trinajstić information content (AvgIpc) is 3.42. The Labute approximate surface area is 186 Å². The van der Waals surface area contributed by atoms with Crippen LogP contribution in [-0.4, -0.2) is 30.8 Å². The summed E-state index contributed by atoms with van der Waals surface area (Å²) in [6.45, 7) is 7.88. The highest BCUT2D eigenvalue weighted by Crippen LogP contribution is 2.40. The molecule has 0 radical (unpaired) electrons. The van der Waals surface area contributed by atoms with E-state index in [4.69, 9.17) is 9.51 Å². The molecule has 3 heterocycles. The lowest BCUT2D eigenvalue weighted by Crippen LogP contribution is -2.15. The lowest BCUT2D eigenvalue weighted by molar-refractivity contribution is 0.102. The third-order valence-corrected chi connectivity index (χ3v) is 5.93. The molecule has 0 bridgehead atoms. The van der Waals surface area contributed by atoms with Gasteiger partial charge in [-0.05, 0) is 44.4 Å². The van der Waals surface area contributed by atoms with Gasteiger partial charge in [0.2, 0.25) is 0 Å². The fraction of sp³-hybridized carbons (Fsp3) is 0.375. The molecule has 8 nitrogen and oxygen atoms in total. The van der Waals surface area contributed by atoms with Gasteiger partial charge in [-0.1, -0.05) is 31.1 Å². The molecule has 0 spiro atoms. The summed E-state index contributed by atoms with van der Waals surface area (Å²) in [7, 11) is 1.86. The van der Waals surface area contributed by atoms with Gasteiger partial charge in [-0.2, -0.15) is 10.1 Å². The third kappa shape index (κ3) is 3.45. The molecule has 32 heavy (non-hydrogen) atoms. The summed E-state index contributed by atoms with van der Waals surface area (Å²) in [4.78, 5) is 22.9. The van der Waals surface area contributed by atoms with E-state index in [-0.39, 0.29) is 11.8 Å². The van der Waals surface area contributed by atoms with Crippen molar-refractivity contribution in [2.24, 2.45) is 7.05 Å². The zero-order chi connectivity index (χ0) is 22.6. The molecule has 164 valence electrons. The highest BCUT2D eigenvalue weighted by Gasteiger charge is 2.29. The molecule has 1 amide bonds. The maximum absolute atomic E-state index is 13.6. The minimum absolute atomic E-state index is 0.148. The molecule has 3 aromatic heterocycles. The van der Waals surface area contributed by atoms with Crippen LogP contribution in [0.3, 0.4) is 0 Å². The Hall–Kier alpha value is -3.55. The molecule has 4 aromatic rings. The number of amides is 1. The second kappa shape index (κ2) is 7.55. The lowest BCUT2D eigenvalue weighted by Gasteiger charge is -2.13. The summed E-state index contributed by atoms with van der Waals surface area (Å²) in [5.41, 5.74) is 5.34. The molecule has 0 aliphatic heterocycles. The summed E-state index contributed by atoms with van der Waals surface area (Å²) in [6.07, 6.45) is 2.21. The van der Waals surface area contributed by atoms with Gasteiger partial charge in [0, 0.05) is 24.6 Å². The van der Waals surface area contributed by atoms with Crippen LogP contribution in [0.1, 0.15) is 71.7 Å². The van der Waals surface area contributed by atoms with Crippen molar-refractivity contribution in [3.63, 3.8) is 0 Å². The highest BCUT2D eigenvalue weighted by atomic mass is 16.5. The van der Waals surface area contributed by atoms with Crippen molar-refractivity contribution < 1.29 is 9.32 Å². The molecule has 1 N–H and O–H groups in total. The summed E-state index contributed by atoms with van der Waals surface area (Å²) >= 11 is 0. The number of hydrogen-bond donors (Lipinski definition) is 1. The Morgan fingerprint density at radius 2 is 2.00 bits per heavy atom. The second-order valence-electron chi connectivity index (χ2n) is 8.84. The number of carbonyl (C=O) groups is 1. The molecule has 5 rings (SSSR count). The van der Waals surface area contributed by atoms with Crippen LogP contribution < -0.4 is 5.32 Å². The molecular weight excluding hydrogens is 404 g/mol. The van der Waals surface area contributed by atoms with Crippen molar-refractivity contribution in [1.82, 2.24) is 24.9 Å². The quantitative estimate of drug-likeness (QED) is 0.484. The predicted molar refractivity (Wildman–Crippen MR) is 122 cm³/mol. The van der Waals surface area contributed by atoms with Gasteiger partial charge in [0.1, 0.15) is 0 Å². The summed E-state index contributed by atoms with van der Waals surface area (Å²) in [5, 5.41) is 12.5. The molecular formula is C24H26N6O2. The first kappa shape index (κ1) is 20.4. The number of benzene rings is 1. The Bertz CT molecular complexity index is 1350. The van der Waals surface area contributed by atoms with Crippen molar-refractivity contribution in [3.8, 4) is 11.5 Å². The van der Waals surface area contributed by atoms with Gasteiger partial charge in [-0.3, -0.25) is 9.48 Å². The van der Waals surface area contributed by atoms with Gasteiger partial charge in [0.25, 0.3) is 11.8 Å². The van der Waals surface area contributed by atoms with E-state index in [1.54, 1.807) is 4.68 Å². The number of aromatic nitrogens is 5. The van der Waals surface area contributed by atoms with Crippen LogP contribution in [0.15, 0.2) is 28.8 Å². The smallest absolute Gasteiger partial charge is 0.260 e. The average molecular weight is 431 g/mol. The van der Waals surface area contributed by atoms with Gasteiger partial charge in [-0.25, -0.2) is 4.98 Å². The molecule has 1 aliphatic rings. The number of pyridine rings is 1. The fourth-order valence-corrected chi connectivity index (χ4v) is 4.00. The Morgan fingerprint density at radius 1 is 1.22 bits per heavy atom. The number of rotatable bonds is 5. The molecule has 0 unspecified atom stereocenters. The molecule has 8 heteroatoms. The van der Waals surface area contributed by atoms with E-state index in [9.17, 15) is 4.79 Å². The normalized spacial score (nSPS) is 13.8. The van der Waals surface area contributed by atoms with Gasteiger partial charge in [-0.15, -0.1) is 0 Å². The van der Waals surface area contributed by atoms with Crippen LogP contribution in [0, 0.1) is 13.8 Å². The van der Waals surface area contributed by atoms with E-state index in [0.29, 0.717) is 34.4 Å². The number of fused-ring (bicyclic) bond motifs is 1. The van der Waals surface area contributed by atoms with Crippen LogP contribution in [-0.2, 0) is 7.05 Å². The molecule has 0 atom stereocenters. The van der Waals surface area contributed by atoms with E-state index in [0.717, 1.165) is 40.8 Å². The number of nitrogens with one attached hydrogen (secondary N) is 1. The van der Waals surface area contributed by atoms with Crippen LogP contribution >= 0.6 is 0 Å². The number of hydrogen-bond acceptors (Lipinski definition) is 6. The molecule has 1 fully saturated rings. The summed E-state index contributed by atoms with van der Waals surface area (Å²) in [5.74, 6) is 1.39. The maximum Gasteiger partial charge on any atom is 0.260 e. The van der Waals surface area contributed by atoms with E-state index < -0.39 is 0 Å². The van der Waals surface area contributed by atoms with Crippen LogP contribution in [0.4, 0.5) is 5.69 Å². The fourth-order valence-electron chi connectivity index (χ4n) is 4.00. The van der Waals surface area contributed by atoms with Crippen LogP contribution in [0.2, 0.25) is 0 Å².